The summed E-state index contributed by atoms with van der Waals surface area (Å²) < 4.78 is 0. The first-order valence-corrected chi connectivity index (χ1v) is 6.58. The molecule has 0 bridgehead atoms. The highest BCUT2D eigenvalue weighted by molar-refractivity contribution is 5.82. The molecule has 1 aliphatic rings. The molecule has 0 radical (unpaired) electrons. The van der Waals surface area contributed by atoms with E-state index < -0.39 is 12.0 Å². The van der Waals surface area contributed by atoms with Gasteiger partial charge in [-0.2, -0.15) is 0 Å². The zero-order valence-corrected chi connectivity index (χ0v) is 11.7. The Morgan fingerprint density at radius 2 is 2.06 bits per heavy atom. The zero-order valence-electron chi connectivity index (χ0n) is 11.7. The van der Waals surface area contributed by atoms with Crippen molar-refractivity contribution < 1.29 is 14.7 Å². The van der Waals surface area contributed by atoms with Crippen molar-refractivity contribution in [2.45, 2.75) is 45.2 Å². The van der Waals surface area contributed by atoms with Gasteiger partial charge in [-0.05, 0) is 25.7 Å². The van der Waals surface area contributed by atoms with E-state index in [9.17, 15) is 14.7 Å². The number of rotatable bonds is 4. The third-order valence-electron chi connectivity index (χ3n) is 3.91. The van der Waals surface area contributed by atoms with Crippen LogP contribution in [0.25, 0.3) is 0 Å². The average molecular weight is 256 g/mol. The highest BCUT2D eigenvalue weighted by Gasteiger charge is 2.37. The Labute approximate surface area is 109 Å². The minimum atomic E-state index is -0.813. The molecule has 5 heteroatoms. The lowest BCUT2D eigenvalue weighted by atomic mass is 9.88. The number of carbonyl (C=O) groups is 2. The molecule has 1 aliphatic heterocycles. The molecule has 1 saturated heterocycles. The van der Waals surface area contributed by atoms with Gasteiger partial charge >= 0.3 is 5.97 Å². The van der Waals surface area contributed by atoms with E-state index in [0.29, 0.717) is 18.9 Å². The topological polar surface area (TPSA) is 60.9 Å². The molecule has 0 aromatic rings. The Hall–Kier alpha value is -1.10. The predicted octanol–water partition coefficient (Wildman–Crippen LogP) is 1.04. The van der Waals surface area contributed by atoms with Crippen LogP contribution in [0.15, 0.2) is 0 Å². The molecule has 3 atom stereocenters. The van der Waals surface area contributed by atoms with Crippen molar-refractivity contribution in [2.24, 2.45) is 5.92 Å². The molecule has 1 amide bonds. The Bertz CT molecular complexity index is 317. The fraction of sp³-hybridized carbons (Fsp3) is 0.846. The molecule has 1 heterocycles. The first-order valence-electron chi connectivity index (χ1n) is 6.58. The summed E-state index contributed by atoms with van der Waals surface area (Å²) in [5.41, 5.74) is 0. The number of likely N-dealkylation sites (N-methyl/N-ethyl adjacent to an activating group) is 1. The first-order chi connectivity index (χ1) is 8.38. The van der Waals surface area contributed by atoms with Crippen molar-refractivity contribution in [3.05, 3.63) is 0 Å². The molecule has 0 aliphatic carbocycles. The molecule has 3 unspecified atom stereocenters. The number of likely N-dealkylation sites (tertiary alicyclic amines) is 1. The lowest BCUT2D eigenvalue weighted by Crippen LogP contribution is -2.55. The molecule has 0 saturated carbocycles. The quantitative estimate of drug-likeness (QED) is 0.816. The number of carbonyl (C=O) groups excluding carboxylic acids is 1. The number of carboxylic acids is 1. The standard InChI is InChI=1S/C13H24N2O3/c1-5-10-6-7-15(11(8-10)13(17)18)9(2)12(16)14(3)4/h9-11H,5-8H2,1-4H3,(H,17,18). The molecule has 1 fully saturated rings. The van der Waals surface area contributed by atoms with Crippen LogP contribution < -0.4 is 0 Å². The van der Waals surface area contributed by atoms with Crippen LogP contribution in [-0.4, -0.2) is 59.5 Å². The summed E-state index contributed by atoms with van der Waals surface area (Å²) in [5.74, 6) is -0.383. The van der Waals surface area contributed by atoms with Gasteiger partial charge in [-0.1, -0.05) is 13.3 Å². The van der Waals surface area contributed by atoms with Gasteiger partial charge in [0.05, 0.1) is 6.04 Å². The molecule has 104 valence electrons. The summed E-state index contributed by atoms with van der Waals surface area (Å²) in [5, 5.41) is 9.32. The van der Waals surface area contributed by atoms with Crippen molar-refractivity contribution in [2.75, 3.05) is 20.6 Å². The van der Waals surface area contributed by atoms with Gasteiger partial charge in [-0.25, -0.2) is 0 Å². The van der Waals surface area contributed by atoms with Gasteiger partial charge in [0, 0.05) is 20.6 Å². The van der Waals surface area contributed by atoms with Gasteiger partial charge in [-0.3, -0.25) is 14.5 Å². The Balaban J connectivity index is 2.79. The number of nitrogens with zero attached hydrogens (tertiary/aromatic N) is 2. The fourth-order valence-electron chi connectivity index (χ4n) is 2.65. The number of hydrogen-bond donors (Lipinski definition) is 1. The van der Waals surface area contributed by atoms with Gasteiger partial charge in [0.1, 0.15) is 6.04 Å². The first kappa shape index (κ1) is 15.0. The molecule has 18 heavy (non-hydrogen) atoms. The monoisotopic (exact) mass is 256 g/mol. The molecular weight excluding hydrogens is 232 g/mol. The predicted molar refractivity (Wildman–Crippen MR) is 69.3 cm³/mol. The minimum Gasteiger partial charge on any atom is -0.480 e. The second-order valence-electron chi connectivity index (χ2n) is 5.30. The maximum atomic E-state index is 12.0. The number of amides is 1. The zero-order chi connectivity index (χ0) is 13.9. The molecule has 5 nitrogen and oxygen atoms in total. The third-order valence-corrected chi connectivity index (χ3v) is 3.91. The molecule has 1 N–H and O–H groups in total. The van der Waals surface area contributed by atoms with Crippen molar-refractivity contribution in [1.82, 2.24) is 9.80 Å². The van der Waals surface area contributed by atoms with Crippen LogP contribution in [0.4, 0.5) is 0 Å². The Kier molecular flexibility index (Phi) is 5.14. The lowest BCUT2D eigenvalue weighted by molar-refractivity contribution is -0.149. The number of piperidine rings is 1. The molecule has 0 aromatic carbocycles. The normalized spacial score (nSPS) is 26.7. The van der Waals surface area contributed by atoms with Crippen LogP contribution in [-0.2, 0) is 9.59 Å². The summed E-state index contributed by atoms with van der Waals surface area (Å²) in [6.07, 6.45) is 2.63. The summed E-state index contributed by atoms with van der Waals surface area (Å²) >= 11 is 0. The summed E-state index contributed by atoms with van der Waals surface area (Å²) in [6, 6.07) is -0.887. The van der Waals surface area contributed by atoms with E-state index in [1.807, 2.05) is 4.90 Å². The van der Waals surface area contributed by atoms with E-state index >= 15 is 0 Å². The van der Waals surface area contributed by atoms with E-state index in [1.54, 1.807) is 21.0 Å². The largest absolute Gasteiger partial charge is 0.480 e. The molecule has 0 spiro atoms. The molecule has 1 rings (SSSR count). The SMILES string of the molecule is CCC1CCN(C(C)C(=O)N(C)C)C(C(=O)O)C1. The van der Waals surface area contributed by atoms with Crippen molar-refractivity contribution in [3.63, 3.8) is 0 Å². The van der Waals surface area contributed by atoms with Crippen LogP contribution in [0, 0.1) is 5.92 Å². The van der Waals surface area contributed by atoms with Gasteiger partial charge in [0.15, 0.2) is 0 Å². The van der Waals surface area contributed by atoms with E-state index in [-0.39, 0.29) is 11.9 Å². The van der Waals surface area contributed by atoms with Crippen molar-refractivity contribution in [1.29, 1.82) is 0 Å². The number of hydrogen-bond acceptors (Lipinski definition) is 3. The van der Waals surface area contributed by atoms with Crippen molar-refractivity contribution in [3.8, 4) is 0 Å². The highest BCUT2D eigenvalue weighted by Crippen LogP contribution is 2.27. The summed E-state index contributed by atoms with van der Waals surface area (Å²) in [6.45, 7) is 4.58. The average Bonchev–Trinajstić information content (AvgIpc) is 2.35. The van der Waals surface area contributed by atoms with Crippen LogP contribution in [0.5, 0.6) is 0 Å². The van der Waals surface area contributed by atoms with E-state index in [1.165, 1.54) is 4.90 Å². The smallest absolute Gasteiger partial charge is 0.320 e. The van der Waals surface area contributed by atoms with E-state index in [2.05, 4.69) is 6.92 Å². The van der Waals surface area contributed by atoms with Crippen LogP contribution in [0.2, 0.25) is 0 Å². The Morgan fingerprint density at radius 3 is 2.50 bits per heavy atom. The van der Waals surface area contributed by atoms with Gasteiger partial charge in [0.25, 0.3) is 0 Å². The number of carboxylic acid groups (broad SMARTS) is 1. The van der Waals surface area contributed by atoms with E-state index in [0.717, 1.165) is 12.8 Å². The van der Waals surface area contributed by atoms with Gasteiger partial charge in [0.2, 0.25) is 5.91 Å². The summed E-state index contributed by atoms with van der Waals surface area (Å²) in [7, 11) is 3.40. The number of aliphatic carboxylic acids is 1. The summed E-state index contributed by atoms with van der Waals surface area (Å²) in [4.78, 5) is 26.7. The van der Waals surface area contributed by atoms with Crippen LogP contribution >= 0.6 is 0 Å². The van der Waals surface area contributed by atoms with Crippen LogP contribution in [0.1, 0.15) is 33.1 Å². The third kappa shape index (κ3) is 3.22. The molecule has 0 aromatic heterocycles. The fourth-order valence-corrected chi connectivity index (χ4v) is 2.65. The van der Waals surface area contributed by atoms with E-state index in [4.69, 9.17) is 0 Å². The van der Waals surface area contributed by atoms with Crippen LogP contribution in [0.3, 0.4) is 0 Å². The second kappa shape index (κ2) is 6.18. The van der Waals surface area contributed by atoms with Crippen molar-refractivity contribution >= 4 is 11.9 Å². The maximum Gasteiger partial charge on any atom is 0.320 e. The molecular formula is C13H24N2O3. The highest BCUT2D eigenvalue weighted by atomic mass is 16.4. The van der Waals surface area contributed by atoms with Gasteiger partial charge in [-0.15, -0.1) is 0 Å². The lowest BCUT2D eigenvalue weighted by Gasteiger charge is -2.40. The maximum absolute atomic E-state index is 12.0. The second-order valence-corrected chi connectivity index (χ2v) is 5.30. The Morgan fingerprint density at radius 1 is 1.44 bits per heavy atom. The minimum absolute atomic E-state index is 0.0313. The van der Waals surface area contributed by atoms with Gasteiger partial charge < -0.3 is 10.0 Å².